The van der Waals surface area contributed by atoms with Crippen molar-refractivity contribution in [1.29, 1.82) is 0 Å². The third-order valence-electron chi connectivity index (χ3n) is 2.44. The van der Waals surface area contributed by atoms with Gasteiger partial charge in [0.05, 0.1) is 0 Å². The molecule has 0 spiro atoms. The van der Waals surface area contributed by atoms with E-state index in [1.165, 1.54) is 27.8 Å². The lowest BCUT2D eigenvalue weighted by molar-refractivity contribution is 0.590. The predicted octanol–water partition coefficient (Wildman–Crippen LogP) is 4.49. The topological polar surface area (TPSA) is 0 Å². The highest BCUT2D eigenvalue weighted by molar-refractivity contribution is 7.19. The molecule has 14 heavy (non-hydrogen) atoms. The van der Waals surface area contributed by atoms with Gasteiger partial charge in [0, 0.05) is 9.58 Å². The van der Waals surface area contributed by atoms with Crippen LogP contribution in [0.15, 0.2) is 30.3 Å². The Morgan fingerprint density at radius 1 is 1.21 bits per heavy atom. The van der Waals surface area contributed by atoms with Gasteiger partial charge in [-0.3, -0.25) is 0 Å². The zero-order chi connectivity index (χ0) is 9.97. The van der Waals surface area contributed by atoms with Crippen LogP contribution in [0.5, 0.6) is 0 Å². The monoisotopic (exact) mass is 204 g/mol. The molecule has 0 saturated carbocycles. The molecule has 0 fully saturated rings. The van der Waals surface area contributed by atoms with Gasteiger partial charge in [-0.1, -0.05) is 32.0 Å². The SMILES string of the molecule is CC(C)CCc1cc2ccccc2s1. The Kier molecular flexibility index (Phi) is 2.87. The van der Waals surface area contributed by atoms with Gasteiger partial charge in [0.25, 0.3) is 0 Å². The van der Waals surface area contributed by atoms with E-state index in [-0.39, 0.29) is 0 Å². The van der Waals surface area contributed by atoms with Crippen LogP contribution in [0, 0.1) is 5.92 Å². The van der Waals surface area contributed by atoms with Crippen molar-refractivity contribution in [3.05, 3.63) is 35.2 Å². The van der Waals surface area contributed by atoms with Crippen LogP contribution in [-0.2, 0) is 6.42 Å². The number of hydrogen-bond acceptors (Lipinski definition) is 1. The third-order valence-corrected chi connectivity index (χ3v) is 3.62. The second-order valence-corrected chi connectivity index (χ2v) is 5.35. The first-order valence-electron chi connectivity index (χ1n) is 5.23. The molecule has 1 aromatic heterocycles. The second kappa shape index (κ2) is 4.14. The van der Waals surface area contributed by atoms with Crippen LogP contribution < -0.4 is 0 Å². The molecule has 0 unspecified atom stereocenters. The summed E-state index contributed by atoms with van der Waals surface area (Å²) in [6.07, 6.45) is 2.53. The molecule has 0 nitrogen and oxygen atoms in total. The molecule has 2 rings (SSSR count). The quantitative estimate of drug-likeness (QED) is 0.691. The van der Waals surface area contributed by atoms with Crippen molar-refractivity contribution in [1.82, 2.24) is 0 Å². The van der Waals surface area contributed by atoms with Crippen molar-refractivity contribution in [3.63, 3.8) is 0 Å². The molecule has 0 aliphatic carbocycles. The Hall–Kier alpha value is -0.820. The van der Waals surface area contributed by atoms with E-state index in [0.717, 1.165) is 5.92 Å². The number of rotatable bonds is 3. The van der Waals surface area contributed by atoms with Crippen molar-refractivity contribution in [2.45, 2.75) is 26.7 Å². The maximum atomic E-state index is 2.34. The Morgan fingerprint density at radius 3 is 2.71 bits per heavy atom. The zero-order valence-electron chi connectivity index (χ0n) is 8.79. The Labute approximate surface area is 89.6 Å². The molecule has 0 aliphatic rings. The molecule has 1 aromatic carbocycles. The first kappa shape index (κ1) is 9.72. The van der Waals surface area contributed by atoms with Gasteiger partial charge < -0.3 is 0 Å². The highest BCUT2D eigenvalue weighted by atomic mass is 32.1. The van der Waals surface area contributed by atoms with Gasteiger partial charge >= 0.3 is 0 Å². The van der Waals surface area contributed by atoms with E-state index < -0.39 is 0 Å². The Balaban J connectivity index is 2.19. The van der Waals surface area contributed by atoms with Crippen LogP contribution in [-0.4, -0.2) is 0 Å². The predicted molar refractivity (Wildman–Crippen MR) is 65.0 cm³/mol. The minimum atomic E-state index is 0.806. The van der Waals surface area contributed by atoms with Gasteiger partial charge in [-0.25, -0.2) is 0 Å². The van der Waals surface area contributed by atoms with Crippen molar-refractivity contribution >= 4 is 21.4 Å². The van der Waals surface area contributed by atoms with E-state index in [2.05, 4.69) is 44.2 Å². The van der Waals surface area contributed by atoms with Crippen LogP contribution in [0.4, 0.5) is 0 Å². The summed E-state index contributed by atoms with van der Waals surface area (Å²) in [6, 6.07) is 11.0. The van der Waals surface area contributed by atoms with Crippen LogP contribution in [0.3, 0.4) is 0 Å². The van der Waals surface area contributed by atoms with Crippen LogP contribution in [0.2, 0.25) is 0 Å². The fourth-order valence-corrected chi connectivity index (χ4v) is 2.67. The van der Waals surface area contributed by atoms with E-state index in [1.54, 1.807) is 0 Å². The molecular formula is C13H16S. The third kappa shape index (κ3) is 2.16. The summed E-state index contributed by atoms with van der Waals surface area (Å²) in [5.41, 5.74) is 0. The molecule has 0 amide bonds. The fourth-order valence-electron chi connectivity index (χ4n) is 1.59. The largest absolute Gasteiger partial charge is 0.140 e. The first-order valence-corrected chi connectivity index (χ1v) is 6.05. The molecule has 0 radical (unpaired) electrons. The van der Waals surface area contributed by atoms with Crippen LogP contribution in [0.25, 0.3) is 10.1 Å². The normalized spacial score (nSPS) is 11.4. The van der Waals surface area contributed by atoms with Gasteiger partial charge in [0.2, 0.25) is 0 Å². The maximum absolute atomic E-state index is 2.34. The highest BCUT2D eigenvalue weighted by Crippen LogP contribution is 2.26. The van der Waals surface area contributed by atoms with Crippen molar-refractivity contribution in [3.8, 4) is 0 Å². The molecule has 2 aromatic rings. The van der Waals surface area contributed by atoms with E-state index in [1.807, 2.05) is 11.3 Å². The smallest absolute Gasteiger partial charge is 0.0345 e. The average Bonchev–Trinajstić information content (AvgIpc) is 2.57. The van der Waals surface area contributed by atoms with Crippen molar-refractivity contribution in [2.24, 2.45) is 5.92 Å². The summed E-state index contributed by atoms with van der Waals surface area (Å²) in [7, 11) is 0. The lowest BCUT2D eigenvalue weighted by atomic mass is 10.1. The molecule has 0 saturated heterocycles. The molecule has 74 valence electrons. The van der Waals surface area contributed by atoms with Gasteiger partial charge in [0.15, 0.2) is 0 Å². The van der Waals surface area contributed by atoms with Gasteiger partial charge in [-0.2, -0.15) is 0 Å². The summed E-state index contributed by atoms with van der Waals surface area (Å²) < 4.78 is 1.42. The number of fused-ring (bicyclic) bond motifs is 1. The lowest BCUT2D eigenvalue weighted by Gasteiger charge is -2.00. The molecule has 1 heterocycles. The summed E-state index contributed by atoms with van der Waals surface area (Å²) >= 11 is 1.94. The van der Waals surface area contributed by atoms with Gasteiger partial charge in [-0.15, -0.1) is 11.3 Å². The Bertz CT molecular complexity index is 379. The van der Waals surface area contributed by atoms with Crippen LogP contribution >= 0.6 is 11.3 Å². The zero-order valence-corrected chi connectivity index (χ0v) is 9.60. The maximum Gasteiger partial charge on any atom is 0.0345 e. The summed E-state index contributed by atoms with van der Waals surface area (Å²) in [5, 5.41) is 1.40. The lowest BCUT2D eigenvalue weighted by Crippen LogP contribution is -1.88. The van der Waals surface area contributed by atoms with Crippen molar-refractivity contribution in [2.75, 3.05) is 0 Å². The van der Waals surface area contributed by atoms with E-state index in [0.29, 0.717) is 0 Å². The number of thiophene rings is 1. The second-order valence-electron chi connectivity index (χ2n) is 4.18. The fraction of sp³-hybridized carbons (Fsp3) is 0.385. The summed E-state index contributed by atoms with van der Waals surface area (Å²) in [4.78, 5) is 1.53. The number of benzene rings is 1. The Morgan fingerprint density at radius 2 is 2.00 bits per heavy atom. The molecule has 0 N–H and O–H groups in total. The van der Waals surface area contributed by atoms with Gasteiger partial charge in [-0.05, 0) is 36.3 Å². The number of hydrogen-bond donors (Lipinski definition) is 0. The van der Waals surface area contributed by atoms with E-state index in [9.17, 15) is 0 Å². The standard InChI is InChI=1S/C13H16S/c1-10(2)7-8-12-9-11-5-3-4-6-13(11)14-12/h3-6,9-10H,7-8H2,1-2H3. The first-order chi connectivity index (χ1) is 6.75. The van der Waals surface area contributed by atoms with E-state index >= 15 is 0 Å². The van der Waals surface area contributed by atoms with Gasteiger partial charge in [0.1, 0.15) is 0 Å². The van der Waals surface area contributed by atoms with Crippen LogP contribution in [0.1, 0.15) is 25.1 Å². The molecule has 0 atom stereocenters. The minimum absolute atomic E-state index is 0.806. The molecular weight excluding hydrogens is 188 g/mol. The average molecular weight is 204 g/mol. The minimum Gasteiger partial charge on any atom is -0.140 e. The summed E-state index contributed by atoms with van der Waals surface area (Å²) in [5.74, 6) is 0.806. The summed E-state index contributed by atoms with van der Waals surface area (Å²) in [6.45, 7) is 4.57. The highest BCUT2D eigenvalue weighted by Gasteiger charge is 2.01. The molecule has 0 bridgehead atoms. The molecule has 1 heteroatoms. The van der Waals surface area contributed by atoms with Crippen molar-refractivity contribution < 1.29 is 0 Å². The van der Waals surface area contributed by atoms with E-state index in [4.69, 9.17) is 0 Å². The number of aryl methyl sites for hydroxylation is 1. The molecule has 0 aliphatic heterocycles.